The van der Waals surface area contributed by atoms with E-state index in [0.717, 1.165) is 52.2 Å². The standard InChI is InChI=1S/C12H11NO2.2C10H9NO.C10H7NO.C10H12O2.C8H5NO.C5H8O2.C2H3N.ClH.Mn.H3NO.2O/c1-3-15-12(14)9-6-10-4-7-11(13-2)8-5-10;3*1-11-10-6-4-9(5-7-10)3-2-8-12;1-12-10-6-4-9(5-7-10)3-2-8-11;1-9-8-4-2-7(6-10)3-5-8;1-3-5(6)7-4-2;1-2-3;;;1-2;;/h4-9H,3H2,1H3;2*2-7,12H,8H2;2-8H;2-7,11H,8H2,1H3;2-6H;3H,1,4H2,2H3;1H3;1H;;2H,1H2;;/b9-6+;4*3-2+;;;;;;;;. The van der Waals surface area contributed by atoms with E-state index in [1.54, 1.807) is 154 Å². The fraction of sp³-hybridized carbons (Fsp3) is 0.134. The molecule has 6 N–H and O–H groups in total. The van der Waals surface area contributed by atoms with E-state index in [-0.39, 0.29) is 44.2 Å². The number of aldehydes is 2. The van der Waals surface area contributed by atoms with Gasteiger partial charge in [-0.15, -0.1) is 12.4 Å². The number of nitrogens with zero attached hydrogens (tertiary/aromatic N) is 6. The van der Waals surface area contributed by atoms with Gasteiger partial charge < -0.3 is 34.7 Å². The summed E-state index contributed by atoms with van der Waals surface area (Å²) >= 11 is -1.44. The topological polar surface area (TPSA) is 283 Å². The Morgan fingerprint density at radius 1 is 0.528 bits per heavy atom. The van der Waals surface area contributed by atoms with Crippen molar-refractivity contribution in [1.29, 1.82) is 5.26 Å². The maximum atomic E-state index is 11.0. The molecule has 0 aromatic heterocycles. The van der Waals surface area contributed by atoms with Gasteiger partial charge in [-0.2, -0.15) is 5.26 Å². The number of aliphatic hydroxyl groups is 3. The Bertz CT molecular complexity index is 3280. The van der Waals surface area contributed by atoms with Crippen LogP contribution in [0.2, 0.25) is 0 Å². The molecule has 0 saturated carbocycles. The molecule has 20 nitrogen and oxygen atoms in total. The van der Waals surface area contributed by atoms with Gasteiger partial charge in [0, 0.05) is 24.6 Å². The molecule has 0 atom stereocenters. The van der Waals surface area contributed by atoms with E-state index in [4.69, 9.17) is 75.8 Å². The number of nitrogens with two attached hydrogens (primary N) is 1. The number of rotatable bonds is 15. The number of ether oxygens (including phenoxy) is 3. The fourth-order valence-electron chi connectivity index (χ4n) is 5.25. The average Bonchev–Trinajstić information content (AvgIpc) is 3.72. The van der Waals surface area contributed by atoms with Gasteiger partial charge in [0.25, 0.3) is 0 Å². The summed E-state index contributed by atoms with van der Waals surface area (Å²) in [5.41, 5.74) is 8.48. The average molecular weight is 1270 g/mol. The number of aliphatic hydroxyl groups excluding tert-OH is 3. The molecule has 0 aliphatic rings. The van der Waals surface area contributed by atoms with E-state index in [1.807, 2.05) is 66.8 Å². The van der Waals surface area contributed by atoms with Crippen molar-refractivity contribution in [3.8, 4) is 11.8 Å². The Kier molecular flexibility index (Phi) is 62.9. The Balaban J connectivity index is -0.000000303. The molecule has 0 aliphatic heterocycles. The zero-order chi connectivity index (χ0) is 66.9. The van der Waals surface area contributed by atoms with E-state index in [1.165, 1.54) is 19.1 Å². The van der Waals surface area contributed by atoms with Crippen molar-refractivity contribution >= 4 is 95.7 Å². The molecule has 0 bridgehead atoms. The SMILES string of the molecule is C=CC(=O)OCC.CC#N.COc1ccc(/C=C/CO)cc1.Cl.NO.[C-]#[N+]c1ccc(/C=C/C(=O)OCC)cc1.[C-]#[N+]c1ccc(/C=C/C=O)cc1.[C-]#[N+]c1ccc(/C=C/CO)cc1.[C-]#[N+]c1ccc(/C=C/CO)cc1.[C-]#[N+]c1ccc(C=O)cc1.[O]=[Mn]=[O]. The number of esters is 2. The van der Waals surface area contributed by atoms with Crippen molar-refractivity contribution in [2.45, 2.75) is 20.8 Å². The molecule has 0 heterocycles. The summed E-state index contributed by atoms with van der Waals surface area (Å²) in [7, 11) is 1.64. The number of carbonyl (C=O) groups excluding carboxylic acids is 4. The molecule has 22 heteroatoms. The molecule has 6 aromatic carbocycles. The minimum atomic E-state index is -1.44. The van der Waals surface area contributed by atoms with Crippen LogP contribution >= 0.6 is 12.4 Å². The molecular formula is C67H68ClMnN7O13. The third-order valence-electron chi connectivity index (χ3n) is 9.13. The number of hydrogen-bond donors (Lipinski definition) is 5. The third kappa shape index (κ3) is 51.2. The molecule has 0 unspecified atom stereocenters. The second-order valence-corrected chi connectivity index (χ2v) is 15.2. The zero-order valence-corrected chi connectivity index (χ0v) is 51.1. The summed E-state index contributed by atoms with van der Waals surface area (Å²) in [5.74, 6) is 3.63. The van der Waals surface area contributed by atoms with Crippen LogP contribution in [0.3, 0.4) is 0 Å². The van der Waals surface area contributed by atoms with E-state index in [0.29, 0.717) is 47.2 Å². The molecule has 463 valence electrons. The number of nitriles is 1. The fourth-order valence-corrected chi connectivity index (χ4v) is 5.25. The first kappa shape index (κ1) is 86.8. The quantitative estimate of drug-likeness (QED) is 0.0160. The van der Waals surface area contributed by atoms with Gasteiger partial charge in [-0.05, 0) is 65.9 Å². The molecule has 0 spiro atoms. The first-order valence-corrected chi connectivity index (χ1v) is 26.2. The molecule has 0 saturated heterocycles. The maximum absolute atomic E-state index is 11.0. The number of hydrogen-bond acceptors (Lipinski definition) is 15. The summed E-state index contributed by atoms with van der Waals surface area (Å²) in [6.07, 6.45) is 19.3. The molecule has 0 radical (unpaired) electrons. The normalized spacial score (nSPS) is 8.89. The van der Waals surface area contributed by atoms with Crippen molar-refractivity contribution in [2.24, 2.45) is 5.90 Å². The van der Waals surface area contributed by atoms with Gasteiger partial charge in [-0.3, -0.25) is 9.59 Å². The number of methoxy groups -OCH3 is 1. The zero-order valence-electron chi connectivity index (χ0n) is 49.1. The summed E-state index contributed by atoms with van der Waals surface area (Å²) in [4.78, 5) is 57.4. The van der Waals surface area contributed by atoms with E-state index >= 15 is 0 Å². The predicted molar refractivity (Wildman–Crippen MR) is 344 cm³/mol. The first-order chi connectivity index (χ1) is 42.7. The van der Waals surface area contributed by atoms with Crippen molar-refractivity contribution in [3.05, 3.63) is 279 Å². The van der Waals surface area contributed by atoms with Crippen LogP contribution in [-0.2, 0) is 46.3 Å². The number of benzene rings is 6. The molecule has 0 fully saturated rings. The monoisotopic (exact) mass is 1270 g/mol. The molecule has 89 heavy (non-hydrogen) atoms. The van der Waals surface area contributed by atoms with Crippen LogP contribution in [0.25, 0.3) is 54.6 Å². The first-order valence-electron chi connectivity index (χ1n) is 25.2. The van der Waals surface area contributed by atoms with Crippen LogP contribution in [0, 0.1) is 44.2 Å². The number of halogens is 1. The van der Waals surface area contributed by atoms with E-state index in [9.17, 15) is 19.2 Å². The minimum absolute atomic E-state index is 0. The Labute approximate surface area is 532 Å². The number of allylic oxidation sites excluding steroid dienone is 1. The predicted octanol–water partition coefficient (Wildman–Crippen LogP) is 14.3. The van der Waals surface area contributed by atoms with Gasteiger partial charge in [-0.1, -0.05) is 183 Å². The van der Waals surface area contributed by atoms with Crippen molar-refractivity contribution < 1.29 is 76.4 Å². The van der Waals surface area contributed by atoms with Crippen LogP contribution in [-0.4, -0.2) is 85.2 Å². The molecule has 6 aromatic rings. The van der Waals surface area contributed by atoms with Gasteiger partial charge >= 0.3 is 34.4 Å². The van der Waals surface area contributed by atoms with Crippen LogP contribution in [0.5, 0.6) is 5.75 Å². The van der Waals surface area contributed by atoms with E-state index in [2.05, 4.69) is 41.4 Å². The molecule has 0 amide bonds. The van der Waals surface area contributed by atoms with E-state index < -0.39 is 14.8 Å². The van der Waals surface area contributed by atoms with Crippen molar-refractivity contribution in [2.75, 3.05) is 40.1 Å². The Hall–Kier alpha value is -11.0. The van der Waals surface area contributed by atoms with Crippen LogP contribution in [0.1, 0.15) is 58.9 Å². The van der Waals surface area contributed by atoms with Crippen LogP contribution < -0.4 is 10.6 Å². The Morgan fingerprint density at radius 2 is 0.787 bits per heavy atom. The summed E-state index contributed by atoms with van der Waals surface area (Å²) in [5, 5.41) is 39.3. The van der Waals surface area contributed by atoms with Crippen molar-refractivity contribution in [1.82, 2.24) is 0 Å². The second-order valence-electron chi connectivity index (χ2n) is 15.0. The van der Waals surface area contributed by atoms with Crippen LogP contribution in [0.4, 0.5) is 28.4 Å². The summed E-state index contributed by atoms with van der Waals surface area (Å²) in [6.45, 7) is 42.6. The summed E-state index contributed by atoms with van der Waals surface area (Å²) < 4.78 is 31.0. The van der Waals surface area contributed by atoms with Crippen molar-refractivity contribution in [3.63, 3.8) is 0 Å². The van der Waals surface area contributed by atoms with Gasteiger partial charge in [0.1, 0.15) is 18.3 Å². The third-order valence-corrected chi connectivity index (χ3v) is 9.13. The molecular weight excluding hydrogens is 1200 g/mol. The number of carbonyl (C=O) groups is 4. The molecule has 6 rings (SSSR count). The second kappa shape index (κ2) is 64.5. The molecule has 0 aliphatic carbocycles. The van der Waals surface area contributed by atoms with Gasteiger partial charge in [0.15, 0.2) is 28.4 Å². The van der Waals surface area contributed by atoms with Gasteiger partial charge in [0.2, 0.25) is 0 Å². The van der Waals surface area contributed by atoms with Crippen LogP contribution in [0.15, 0.2) is 189 Å². The Morgan fingerprint density at radius 3 is 1.01 bits per heavy atom. The summed E-state index contributed by atoms with van der Waals surface area (Å²) in [6, 6.07) is 44.3. The van der Waals surface area contributed by atoms with Gasteiger partial charge in [0.05, 0.1) is 79.1 Å². The van der Waals surface area contributed by atoms with Gasteiger partial charge in [-0.25, -0.2) is 39.7 Å².